The number of amides is 1. The third-order valence-electron chi connectivity index (χ3n) is 5.27. The van der Waals surface area contributed by atoms with Crippen LogP contribution in [0.25, 0.3) is 0 Å². The number of carboxylic acid groups (broad SMARTS) is 1. The van der Waals surface area contributed by atoms with E-state index in [0.29, 0.717) is 4.88 Å². The van der Waals surface area contributed by atoms with Crippen LogP contribution in [-0.2, 0) is 14.8 Å². The number of benzene rings is 1. The zero-order valence-electron chi connectivity index (χ0n) is 20.7. The monoisotopic (exact) mass is 538 g/mol. The van der Waals surface area contributed by atoms with Crippen LogP contribution >= 0.6 is 11.3 Å². The molecule has 0 radical (unpaired) electrons. The lowest BCUT2D eigenvalue weighted by Gasteiger charge is -2.38. The van der Waals surface area contributed by atoms with Crippen molar-refractivity contribution in [2.45, 2.75) is 38.6 Å². The number of methoxy groups -OCH3 is 2. The van der Waals surface area contributed by atoms with Gasteiger partial charge in [-0.3, -0.25) is 4.79 Å². The van der Waals surface area contributed by atoms with Crippen LogP contribution in [-0.4, -0.2) is 63.1 Å². The van der Waals surface area contributed by atoms with Crippen LogP contribution in [0.1, 0.15) is 42.2 Å². The van der Waals surface area contributed by atoms with Gasteiger partial charge in [0.1, 0.15) is 15.6 Å². The highest BCUT2D eigenvalue weighted by Gasteiger charge is 2.40. The highest BCUT2D eigenvalue weighted by atomic mass is 32.2. The smallest absolute Gasteiger partial charge is 0.348 e. The Morgan fingerprint density at radius 1 is 1.19 bits per heavy atom. The summed E-state index contributed by atoms with van der Waals surface area (Å²) in [6.07, 6.45) is 0. The average Bonchev–Trinajstić information content (AvgIpc) is 3.20. The van der Waals surface area contributed by atoms with Crippen molar-refractivity contribution < 1.29 is 37.0 Å². The van der Waals surface area contributed by atoms with Crippen LogP contribution in [0.3, 0.4) is 0 Å². The van der Waals surface area contributed by atoms with Crippen molar-refractivity contribution in [2.75, 3.05) is 32.2 Å². The molecule has 3 rings (SSSR count). The Morgan fingerprint density at radius 3 is 2.33 bits per heavy atom. The number of nitrogens with zero attached hydrogens (tertiary/aromatic N) is 2. The van der Waals surface area contributed by atoms with Crippen molar-refractivity contribution in [1.82, 2.24) is 4.31 Å². The van der Waals surface area contributed by atoms with Gasteiger partial charge in [-0.1, -0.05) is 11.8 Å². The maximum absolute atomic E-state index is 14.7. The lowest BCUT2D eigenvalue weighted by atomic mass is 9.98. The van der Waals surface area contributed by atoms with E-state index in [4.69, 9.17) is 9.47 Å². The molecule has 1 atom stereocenters. The normalized spacial score (nSPS) is 16.9. The summed E-state index contributed by atoms with van der Waals surface area (Å²) in [6.45, 7) is 6.56. The molecule has 1 aliphatic rings. The van der Waals surface area contributed by atoms with Gasteiger partial charge in [-0.15, -0.1) is 11.3 Å². The van der Waals surface area contributed by atoms with Crippen molar-refractivity contribution in [1.29, 1.82) is 0 Å². The molecule has 1 amide bonds. The van der Waals surface area contributed by atoms with Crippen LogP contribution in [0.15, 0.2) is 23.1 Å². The minimum absolute atomic E-state index is 0.0174. The van der Waals surface area contributed by atoms with Gasteiger partial charge in [0.25, 0.3) is 0 Å². The SMILES string of the molecule is COc1cc(F)c(S(=O)(=O)N2CC(=O)N(c3cc(C#CC(C)(C)C)sc3C(=O)O)C(C)C2)cc1OC. The predicted octanol–water partition coefficient (Wildman–Crippen LogP) is 3.43. The fourth-order valence-electron chi connectivity index (χ4n) is 3.67. The Morgan fingerprint density at radius 2 is 1.81 bits per heavy atom. The van der Waals surface area contributed by atoms with E-state index in [9.17, 15) is 27.5 Å². The summed E-state index contributed by atoms with van der Waals surface area (Å²) in [4.78, 5) is 26.1. The van der Waals surface area contributed by atoms with Crippen LogP contribution in [0.2, 0.25) is 0 Å². The van der Waals surface area contributed by atoms with E-state index in [0.717, 1.165) is 27.8 Å². The van der Waals surface area contributed by atoms with E-state index < -0.39 is 45.2 Å². The first kappa shape index (κ1) is 27.4. The molecule has 0 aliphatic carbocycles. The number of thiophene rings is 1. The fraction of sp³-hybridized carbons (Fsp3) is 0.417. The van der Waals surface area contributed by atoms with Gasteiger partial charge in [0.05, 0.1) is 31.3 Å². The van der Waals surface area contributed by atoms with Crippen LogP contribution < -0.4 is 14.4 Å². The second-order valence-corrected chi connectivity index (χ2v) is 12.1. The molecule has 2 aromatic rings. The van der Waals surface area contributed by atoms with E-state index in [2.05, 4.69) is 11.8 Å². The van der Waals surface area contributed by atoms with Gasteiger partial charge in [0.2, 0.25) is 15.9 Å². The quantitative estimate of drug-likeness (QED) is 0.561. The van der Waals surface area contributed by atoms with Crippen LogP contribution in [0.5, 0.6) is 11.5 Å². The first-order valence-corrected chi connectivity index (χ1v) is 13.1. The molecule has 1 aromatic heterocycles. The second kappa shape index (κ2) is 10.1. The molecule has 12 heteroatoms. The number of rotatable bonds is 6. The van der Waals surface area contributed by atoms with Crippen molar-refractivity contribution in [2.24, 2.45) is 5.41 Å². The molecule has 0 saturated carbocycles. The molecule has 0 bridgehead atoms. The number of anilines is 1. The van der Waals surface area contributed by atoms with Gasteiger partial charge < -0.3 is 19.5 Å². The molecule has 1 unspecified atom stereocenters. The van der Waals surface area contributed by atoms with Crippen molar-refractivity contribution in [3.8, 4) is 23.3 Å². The van der Waals surface area contributed by atoms with Gasteiger partial charge in [-0.2, -0.15) is 4.31 Å². The fourth-order valence-corrected chi connectivity index (χ4v) is 6.04. The molecule has 1 fully saturated rings. The number of hydrogen-bond acceptors (Lipinski definition) is 7. The lowest BCUT2D eigenvalue weighted by molar-refractivity contribution is -0.120. The molecule has 1 aromatic carbocycles. The van der Waals surface area contributed by atoms with Crippen LogP contribution in [0.4, 0.5) is 10.1 Å². The molecule has 1 aliphatic heterocycles. The molecule has 0 spiro atoms. The minimum Gasteiger partial charge on any atom is -0.493 e. The minimum atomic E-state index is -4.43. The average molecular weight is 539 g/mol. The molecule has 2 heterocycles. The Hall–Kier alpha value is -3.14. The maximum atomic E-state index is 14.7. The standard InChI is InChI=1S/C24H27FN2O7S2/c1-14-12-26(36(31,32)20-11-19(34-6)18(33-5)10-16(20)25)13-21(28)27(14)17-9-15(7-8-24(2,3)4)35-22(17)23(29)30/h9-11,14H,12-13H2,1-6H3,(H,29,30). The zero-order chi connectivity index (χ0) is 27.0. The van der Waals surface area contributed by atoms with Gasteiger partial charge in [-0.05, 0) is 33.8 Å². The summed E-state index contributed by atoms with van der Waals surface area (Å²) < 4.78 is 52.3. The summed E-state index contributed by atoms with van der Waals surface area (Å²) in [5, 5.41) is 9.72. The highest BCUT2D eigenvalue weighted by molar-refractivity contribution is 7.89. The number of aromatic carboxylic acids is 1. The second-order valence-electron chi connectivity index (χ2n) is 9.18. The summed E-state index contributed by atoms with van der Waals surface area (Å²) in [6, 6.07) is 2.70. The zero-order valence-corrected chi connectivity index (χ0v) is 22.3. The lowest BCUT2D eigenvalue weighted by Crippen LogP contribution is -2.57. The molecule has 194 valence electrons. The van der Waals surface area contributed by atoms with E-state index in [-0.39, 0.29) is 34.0 Å². The molecule has 1 saturated heterocycles. The third kappa shape index (κ3) is 5.48. The van der Waals surface area contributed by atoms with Crippen molar-refractivity contribution >= 4 is 38.9 Å². The summed E-state index contributed by atoms with van der Waals surface area (Å²) in [5.74, 6) is 3.10. The molecular formula is C24H27FN2O7S2. The third-order valence-corrected chi connectivity index (χ3v) is 8.13. The van der Waals surface area contributed by atoms with E-state index in [1.807, 2.05) is 20.8 Å². The first-order valence-electron chi connectivity index (χ1n) is 10.8. The number of hydrogen-bond donors (Lipinski definition) is 1. The number of sulfonamides is 1. The number of piperazine rings is 1. The first-order chi connectivity index (χ1) is 16.7. The summed E-state index contributed by atoms with van der Waals surface area (Å²) >= 11 is 0.945. The van der Waals surface area contributed by atoms with Gasteiger partial charge in [0.15, 0.2) is 11.5 Å². The highest BCUT2D eigenvalue weighted by Crippen LogP contribution is 2.36. The summed E-state index contributed by atoms with van der Waals surface area (Å²) in [5.41, 5.74) is -0.159. The Bertz CT molecular complexity index is 1370. The topological polar surface area (TPSA) is 113 Å². The van der Waals surface area contributed by atoms with E-state index in [1.165, 1.54) is 25.2 Å². The van der Waals surface area contributed by atoms with Gasteiger partial charge >= 0.3 is 5.97 Å². The number of carbonyl (C=O) groups is 2. The molecule has 9 nitrogen and oxygen atoms in total. The maximum Gasteiger partial charge on any atom is 0.348 e. The number of halogens is 1. The molecule has 36 heavy (non-hydrogen) atoms. The Balaban J connectivity index is 1.97. The van der Waals surface area contributed by atoms with E-state index >= 15 is 0 Å². The Kier molecular flexibility index (Phi) is 7.69. The number of carbonyl (C=O) groups excluding carboxylic acids is 1. The predicted molar refractivity (Wildman–Crippen MR) is 133 cm³/mol. The molecular weight excluding hydrogens is 511 g/mol. The number of carboxylic acids is 1. The van der Waals surface area contributed by atoms with Crippen LogP contribution in [0, 0.1) is 23.1 Å². The van der Waals surface area contributed by atoms with Gasteiger partial charge in [0, 0.05) is 30.1 Å². The van der Waals surface area contributed by atoms with Crippen molar-refractivity contribution in [3.05, 3.63) is 33.8 Å². The van der Waals surface area contributed by atoms with Gasteiger partial charge in [-0.25, -0.2) is 17.6 Å². The summed E-state index contributed by atoms with van der Waals surface area (Å²) in [7, 11) is -1.85. The Labute approximate surface area is 213 Å². The van der Waals surface area contributed by atoms with E-state index in [1.54, 1.807) is 6.92 Å². The largest absolute Gasteiger partial charge is 0.493 e. The molecule has 1 N–H and O–H groups in total. The van der Waals surface area contributed by atoms with Crippen molar-refractivity contribution in [3.63, 3.8) is 0 Å². The number of ether oxygens (including phenoxy) is 2.